The number of nitro benzene ring substituents is 2. The van der Waals surface area contributed by atoms with Crippen molar-refractivity contribution in [2.45, 2.75) is 26.7 Å². The fourth-order valence-electron chi connectivity index (χ4n) is 2.38. The van der Waals surface area contributed by atoms with Gasteiger partial charge in [-0.2, -0.15) is 0 Å². The van der Waals surface area contributed by atoms with E-state index in [1.807, 2.05) is 13.8 Å². The lowest BCUT2D eigenvalue weighted by Gasteiger charge is -2.14. The van der Waals surface area contributed by atoms with E-state index in [0.29, 0.717) is 26.1 Å². The van der Waals surface area contributed by atoms with E-state index in [4.69, 9.17) is 9.47 Å². The summed E-state index contributed by atoms with van der Waals surface area (Å²) in [5.74, 6) is -0.142. The van der Waals surface area contributed by atoms with Crippen LogP contribution < -0.4 is 14.8 Å². The Morgan fingerprint density at radius 1 is 0.931 bits per heavy atom. The van der Waals surface area contributed by atoms with Gasteiger partial charge in [0, 0.05) is 23.8 Å². The molecule has 0 saturated heterocycles. The van der Waals surface area contributed by atoms with Crippen LogP contribution in [0.15, 0.2) is 36.4 Å². The first-order valence-electron chi connectivity index (χ1n) is 9.01. The third-order valence-electron chi connectivity index (χ3n) is 3.77. The number of nitro groups is 2. The molecule has 29 heavy (non-hydrogen) atoms. The molecular formula is C19H21N3O7. The Balaban J connectivity index is 2.36. The number of ether oxygens (including phenoxy) is 2. The van der Waals surface area contributed by atoms with Crippen LogP contribution >= 0.6 is 0 Å². The van der Waals surface area contributed by atoms with E-state index in [1.165, 1.54) is 36.4 Å². The predicted molar refractivity (Wildman–Crippen MR) is 106 cm³/mol. The third-order valence-corrected chi connectivity index (χ3v) is 3.77. The van der Waals surface area contributed by atoms with E-state index in [2.05, 4.69) is 5.32 Å². The summed E-state index contributed by atoms with van der Waals surface area (Å²) in [4.78, 5) is 33.5. The van der Waals surface area contributed by atoms with Gasteiger partial charge >= 0.3 is 0 Å². The topological polar surface area (TPSA) is 134 Å². The fraction of sp³-hybridized carbons (Fsp3) is 0.316. The molecule has 0 bridgehead atoms. The molecule has 2 aromatic carbocycles. The summed E-state index contributed by atoms with van der Waals surface area (Å²) in [7, 11) is 0. The van der Waals surface area contributed by atoms with Crippen LogP contribution in [-0.2, 0) is 0 Å². The number of benzene rings is 2. The molecule has 0 heterocycles. The molecule has 0 radical (unpaired) electrons. The second-order valence-corrected chi connectivity index (χ2v) is 6.03. The van der Waals surface area contributed by atoms with Gasteiger partial charge in [0.15, 0.2) is 11.5 Å². The molecule has 0 aliphatic rings. The zero-order valence-electron chi connectivity index (χ0n) is 16.0. The lowest BCUT2D eigenvalue weighted by Crippen LogP contribution is -2.14. The SMILES string of the molecule is CCCOc1cc(NC(=O)c2ccc([N+](=O)[O-])cc2)c([N+](=O)[O-])cc1OCCC. The number of anilines is 1. The maximum Gasteiger partial charge on any atom is 0.296 e. The van der Waals surface area contributed by atoms with Crippen LogP contribution in [0.25, 0.3) is 0 Å². The molecule has 2 aromatic rings. The van der Waals surface area contributed by atoms with E-state index >= 15 is 0 Å². The molecule has 0 spiro atoms. The van der Waals surface area contributed by atoms with Gasteiger partial charge in [-0.1, -0.05) is 13.8 Å². The first-order chi connectivity index (χ1) is 13.9. The highest BCUT2D eigenvalue weighted by atomic mass is 16.6. The minimum atomic E-state index is -0.647. The van der Waals surface area contributed by atoms with Crippen molar-refractivity contribution in [2.75, 3.05) is 18.5 Å². The normalized spacial score (nSPS) is 10.3. The Morgan fingerprint density at radius 2 is 1.48 bits per heavy atom. The fourth-order valence-corrected chi connectivity index (χ4v) is 2.38. The average molecular weight is 403 g/mol. The van der Waals surface area contributed by atoms with Crippen LogP contribution in [0.2, 0.25) is 0 Å². The van der Waals surface area contributed by atoms with Crippen molar-refractivity contribution in [1.82, 2.24) is 0 Å². The molecule has 0 atom stereocenters. The lowest BCUT2D eigenvalue weighted by atomic mass is 10.1. The minimum absolute atomic E-state index is 0.0618. The van der Waals surface area contributed by atoms with Crippen molar-refractivity contribution >= 4 is 23.0 Å². The molecule has 0 aliphatic carbocycles. The predicted octanol–water partition coefficient (Wildman–Crippen LogP) is 4.33. The highest BCUT2D eigenvalue weighted by molar-refractivity contribution is 6.05. The number of rotatable bonds is 10. The Morgan fingerprint density at radius 3 is 1.97 bits per heavy atom. The molecule has 10 nitrogen and oxygen atoms in total. The summed E-state index contributed by atoms with van der Waals surface area (Å²) in [6, 6.07) is 7.47. The summed E-state index contributed by atoms with van der Waals surface area (Å²) in [5, 5.41) is 24.7. The minimum Gasteiger partial charge on any atom is -0.490 e. The quantitative estimate of drug-likeness (QED) is 0.461. The van der Waals surface area contributed by atoms with Gasteiger partial charge in [-0.3, -0.25) is 25.0 Å². The molecule has 0 saturated carbocycles. The number of nitrogens with one attached hydrogen (secondary N) is 1. The number of hydrogen-bond acceptors (Lipinski definition) is 7. The third kappa shape index (κ3) is 5.64. The van der Waals surface area contributed by atoms with Crippen molar-refractivity contribution in [1.29, 1.82) is 0 Å². The number of nitrogens with zero attached hydrogens (tertiary/aromatic N) is 2. The highest BCUT2D eigenvalue weighted by Gasteiger charge is 2.22. The molecule has 1 N–H and O–H groups in total. The molecule has 1 amide bonds. The van der Waals surface area contributed by atoms with Crippen LogP contribution in [0.1, 0.15) is 37.0 Å². The first kappa shape index (κ1) is 21.6. The number of carbonyl (C=O) groups excluding carboxylic acids is 1. The molecule has 0 aromatic heterocycles. The Labute approximate surface area is 166 Å². The van der Waals surface area contributed by atoms with Crippen molar-refractivity contribution in [3.05, 3.63) is 62.2 Å². The van der Waals surface area contributed by atoms with Crippen LogP contribution in [0, 0.1) is 20.2 Å². The number of carbonyl (C=O) groups is 1. The van der Waals surface area contributed by atoms with Gasteiger partial charge < -0.3 is 14.8 Å². The van der Waals surface area contributed by atoms with Crippen molar-refractivity contribution in [3.63, 3.8) is 0 Å². The number of non-ortho nitro benzene ring substituents is 1. The van der Waals surface area contributed by atoms with Crippen molar-refractivity contribution in [3.8, 4) is 11.5 Å². The second kappa shape index (κ2) is 10.0. The number of amides is 1. The number of hydrogen-bond donors (Lipinski definition) is 1. The molecule has 10 heteroatoms. The average Bonchev–Trinajstić information content (AvgIpc) is 2.71. The van der Waals surface area contributed by atoms with E-state index in [1.54, 1.807) is 0 Å². The van der Waals surface area contributed by atoms with Crippen LogP contribution in [0.4, 0.5) is 17.1 Å². The summed E-state index contributed by atoms with van der Waals surface area (Å²) in [6.45, 7) is 4.54. The Hall–Kier alpha value is -3.69. The van der Waals surface area contributed by atoms with Crippen molar-refractivity contribution < 1.29 is 24.1 Å². The summed E-state index contributed by atoms with van der Waals surface area (Å²) in [5.41, 5.74) is -0.462. The van der Waals surface area contributed by atoms with Gasteiger partial charge in [0.25, 0.3) is 17.3 Å². The largest absolute Gasteiger partial charge is 0.490 e. The summed E-state index contributed by atoms with van der Waals surface area (Å²) >= 11 is 0. The molecule has 0 aliphatic heterocycles. The van der Waals surface area contributed by atoms with Crippen LogP contribution in [-0.4, -0.2) is 29.0 Å². The van der Waals surface area contributed by atoms with Gasteiger partial charge in [0.05, 0.1) is 29.1 Å². The molecule has 2 rings (SSSR count). The van der Waals surface area contributed by atoms with Crippen LogP contribution in [0.5, 0.6) is 11.5 Å². The zero-order chi connectivity index (χ0) is 21.4. The summed E-state index contributed by atoms with van der Waals surface area (Å²) < 4.78 is 11.2. The van der Waals surface area contributed by atoms with Gasteiger partial charge in [-0.05, 0) is 25.0 Å². The monoisotopic (exact) mass is 403 g/mol. The molecular weight excluding hydrogens is 382 g/mol. The Kier molecular flexibility index (Phi) is 7.47. The molecule has 0 unspecified atom stereocenters. The van der Waals surface area contributed by atoms with E-state index < -0.39 is 15.8 Å². The van der Waals surface area contributed by atoms with E-state index in [9.17, 15) is 25.0 Å². The van der Waals surface area contributed by atoms with Gasteiger partial charge in [0.2, 0.25) is 0 Å². The van der Waals surface area contributed by atoms with Gasteiger partial charge in [-0.15, -0.1) is 0 Å². The van der Waals surface area contributed by atoms with Crippen molar-refractivity contribution in [2.24, 2.45) is 0 Å². The van der Waals surface area contributed by atoms with E-state index in [0.717, 1.165) is 0 Å². The Bertz CT molecular complexity index is 897. The van der Waals surface area contributed by atoms with Gasteiger partial charge in [0.1, 0.15) is 5.69 Å². The van der Waals surface area contributed by atoms with E-state index in [-0.39, 0.29) is 34.1 Å². The first-order valence-corrected chi connectivity index (χ1v) is 9.01. The molecule has 0 fully saturated rings. The summed E-state index contributed by atoms with van der Waals surface area (Å²) in [6.07, 6.45) is 1.42. The van der Waals surface area contributed by atoms with Crippen LogP contribution in [0.3, 0.4) is 0 Å². The zero-order valence-corrected chi connectivity index (χ0v) is 16.0. The highest BCUT2D eigenvalue weighted by Crippen LogP contribution is 2.38. The second-order valence-electron chi connectivity index (χ2n) is 6.03. The molecule has 154 valence electrons. The standard InChI is InChI=1S/C19H21N3O7/c1-3-9-28-17-11-15(16(22(26)27)12-18(17)29-10-4-2)20-19(23)13-5-7-14(8-6-13)21(24)25/h5-8,11-12H,3-4,9-10H2,1-2H3,(H,20,23). The van der Waals surface area contributed by atoms with Gasteiger partial charge in [-0.25, -0.2) is 0 Å². The maximum absolute atomic E-state index is 12.5. The smallest absolute Gasteiger partial charge is 0.296 e. The lowest BCUT2D eigenvalue weighted by molar-refractivity contribution is -0.384. The maximum atomic E-state index is 12.5.